The van der Waals surface area contributed by atoms with E-state index in [1.807, 2.05) is 36.1 Å². The lowest BCUT2D eigenvalue weighted by atomic mass is 10.1. The second-order valence-corrected chi connectivity index (χ2v) is 9.34. The van der Waals surface area contributed by atoms with E-state index in [0.29, 0.717) is 30.1 Å². The number of hydrogen-bond acceptors (Lipinski definition) is 5. The van der Waals surface area contributed by atoms with Crippen LogP contribution in [0.4, 0.5) is 0 Å². The first-order chi connectivity index (χ1) is 15.1. The molecule has 1 aromatic heterocycles. The van der Waals surface area contributed by atoms with Gasteiger partial charge in [-0.2, -0.15) is 4.98 Å². The summed E-state index contributed by atoms with van der Waals surface area (Å²) in [7, 11) is 0. The molecule has 1 amide bonds. The van der Waals surface area contributed by atoms with Crippen molar-refractivity contribution in [3.63, 3.8) is 0 Å². The van der Waals surface area contributed by atoms with Gasteiger partial charge in [0.1, 0.15) is 0 Å². The van der Waals surface area contributed by atoms with E-state index in [0.717, 1.165) is 48.2 Å². The molecular formula is C24H25BrN4O2. The highest BCUT2D eigenvalue weighted by Gasteiger charge is 2.46. The molecule has 2 aromatic carbocycles. The standard InChI is InChI=1S/C24H25BrN4O2/c1-16-4-2-3-5-19(16)23-26-22(31-27-23)15-28-10-12-29(13-11-28)24(30)21-14-20(21)17-6-8-18(25)9-7-17/h2-9,20-21H,10-15H2,1H3. The molecule has 2 atom stereocenters. The van der Waals surface area contributed by atoms with Crippen molar-refractivity contribution in [1.29, 1.82) is 0 Å². The number of halogens is 1. The summed E-state index contributed by atoms with van der Waals surface area (Å²) in [6.07, 6.45) is 0.963. The number of amides is 1. The van der Waals surface area contributed by atoms with Crippen molar-refractivity contribution >= 4 is 21.8 Å². The summed E-state index contributed by atoms with van der Waals surface area (Å²) in [6, 6.07) is 16.4. The van der Waals surface area contributed by atoms with Gasteiger partial charge in [0.05, 0.1) is 6.54 Å². The van der Waals surface area contributed by atoms with Crippen LogP contribution >= 0.6 is 15.9 Å². The first kappa shape index (κ1) is 20.4. The number of hydrogen-bond donors (Lipinski definition) is 0. The van der Waals surface area contributed by atoms with Gasteiger partial charge in [-0.25, -0.2) is 0 Å². The van der Waals surface area contributed by atoms with Crippen LogP contribution in [0.25, 0.3) is 11.4 Å². The molecule has 3 aromatic rings. The molecule has 5 rings (SSSR count). The highest BCUT2D eigenvalue weighted by Crippen LogP contribution is 2.48. The van der Waals surface area contributed by atoms with Gasteiger partial charge in [0.2, 0.25) is 17.6 Å². The van der Waals surface area contributed by atoms with E-state index in [1.54, 1.807) is 0 Å². The van der Waals surface area contributed by atoms with Crippen molar-refractivity contribution in [3.8, 4) is 11.4 Å². The fraction of sp³-hybridized carbons (Fsp3) is 0.375. The first-order valence-electron chi connectivity index (χ1n) is 10.7. The number of carbonyl (C=O) groups is 1. The van der Waals surface area contributed by atoms with E-state index >= 15 is 0 Å². The van der Waals surface area contributed by atoms with E-state index in [4.69, 9.17) is 4.52 Å². The van der Waals surface area contributed by atoms with Crippen molar-refractivity contribution < 1.29 is 9.32 Å². The number of piperazine rings is 1. The zero-order valence-corrected chi connectivity index (χ0v) is 19.1. The minimum absolute atomic E-state index is 0.139. The molecule has 31 heavy (non-hydrogen) atoms. The predicted molar refractivity (Wildman–Crippen MR) is 121 cm³/mol. The Morgan fingerprint density at radius 1 is 1.10 bits per heavy atom. The van der Waals surface area contributed by atoms with E-state index < -0.39 is 0 Å². The Kier molecular flexibility index (Phi) is 5.63. The fourth-order valence-electron chi connectivity index (χ4n) is 4.35. The van der Waals surface area contributed by atoms with Gasteiger partial charge in [-0.05, 0) is 42.5 Å². The summed E-state index contributed by atoms with van der Waals surface area (Å²) in [6.45, 7) is 5.81. The number of benzene rings is 2. The number of carbonyl (C=O) groups excluding carboxylic acids is 1. The normalized spacial score (nSPS) is 21.3. The molecule has 2 fully saturated rings. The number of nitrogens with zero attached hydrogens (tertiary/aromatic N) is 4. The van der Waals surface area contributed by atoms with Crippen molar-refractivity contribution in [2.24, 2.45) is 5.92 Å². The summed E-state index contributed by atoms with van der Waals surface area (Å²) in [5.74, 6) is 2.06. The minimum Gasteiger partial charge on any atom is -0.340 e. The number of aryl methyl sites for hydroxylation is 1. The van der Waals surface area contributed by atoms with Gasteiger partial charge in [-0.3, -0.25) is 9.69 Å². The lowest BCUT2D eigenvalue weighted by Crippen LogP contribution is -2.48. The lowest BCUT2D eigenvalue weighted by Gasteiger charge is -2.34. The average Bonchev–Trinajstić information content (AvgIpc) is 3.46. The van der Waals surface area contributed by atoms with E-state index in [1.165, 1.54) is 5.56 Å². The Labute approximate surface area is 190 Å². The Balaban J connectivity index is 1.13. The molecule has 1 aliphatic heterocycles. The molecule has 160 valence electrons. The molecule has 2 unspecified atom stereocenters. The third-order valence-corrected chi connectivity index (χ3v) is 6.83. The molecule has 1 saturated heterocycles. The van der Waals surface area contributed by atoms with Gasteiger partial charge in [-0.15, -0.1) is 0 Å². The zero-order valence-electron chi connectivity index (χ0n) is 17.5. The molecule has 1 saturated carbocycles. The third-order valence-electron chi connectivity index (χ3n) is 6.30. The maximum atomic E-state index is 12.9. The quantitative estimate of drug-likeness (QED) is 0.545. The van der Waals surface area contributed by atoms with Gasteiger partial charge >= 0.3 is 0 Å². The maximum absolute atomic E-state index is 12.9. The molecule has 2 heterocycles. The van der Waals surface area contributed by atoms with E-state index in [9.17, 15) is 4.79 Å². The second-order valence-electron chi connectivity index (χ2n) is 8.43. The summed E-state index contributed by atoms with van der Waals surface area (Å²) in [5.41, 5.74) is 3.39. The lowest BCUT2D eigenvalue weighted by molar-refractivity contribution is -0.134. The van der Waals surface area contributed by atoms with Crippen LogP contribution in [-0.2, 0) is 11.3 Å². The Hall–Kier alpha value is -2.51. The Morgan fingerprint density at radius 2 is 1.84 bits per heavy atom. The largest absolute Gasteiger partial charge is 0.340 e. The van der Waals surface area contributed by atoms with Crippen LogP contribution in [0.2, 0.25) is 0 Å². The molecule has 0 spiro atoms. The van der Waals surface area contributed by atoms with Gasteiger partial charge < -0.3 is 9.42 Å². The van der Waals surface area contributed by atoms with Gasteiger partial charge in [-0.1, -0.05) is 57.5 Å². The van der Waals surface area contributed by atoms with Crippen LogP contribution in [-0.4, -0.2) is 52.0 Å². The van der Waals surface area contributed by atoms with Crippen LogP contribution in [0, 0.1) is 12.8 Å². The SMILES string of the molecule is Cc1ccccc1-c1noc(CN2CCN(C(=O)C3CC3c3ccc(Br)cc3)CC2)n1. The fourth-order valence-corrected chi connectivity index (χ4v) is 4.62. The molecule has 6 nitrogen and oxygen atoms in total. The topological polar surface area (TPSA) is 62.5 Å². The van der Waals surface area contributed by atoms with Gasteiger partial charge in [0, 0.05) is 42.1 Å². The molecular weight excluding hydrogens is 456 g/mol. The summed E-state index contributed by atoms with van der Waals surface area (Å²) >= 11 is 3.47. The molecule has 0 radical (unpaired) electrons. The van der Waals surface area contributed by atoms with E-state index in [-0.39, 0.29) is 5.92 Å². The smallest absolute Gasteiger partial charge is 0.241 e. The van der Waals surface area contributed by atoms with Crippen molar-refractivity contribution in [2.45, 2.75) is 25.8 Å². The monoisotopic (exact) mass is 480 g/mol. The van der Waals surface area contributed by atoms with Gasteiger partial charge in [0.25, 0.3) is 0 Å². The average molecular weight is 481 g/mol. The van der Waals surface area contributed by atoms with Crippen LogP contribution < -0.4 is 0 Å². The van der Waals surface area contributed by atoms with Crippen molar-refractivity contribution in [3.05, 3.63) is 70.0 Å². The Bertz CT molecular complexity index is 1070. The molecule has 2 aliphatic rings. The highest BCUT2D eigenvalue weighted by atomic mass is 79.9. The van der Waals surface area contributed by atoms with Crippen LogP contribution in [0.3, 0.4) is 0 Å². The molecule has 0 bridgehead atoms. The van der Waals surface area contributed by atoms with Crippen LogP contribution in [0.5, 0.6) is 0 Å². The van der Waals surface area contributed by atoms with Gasteiger partial charge in [0.15, 0.2) is 0 Å². The zero-order chi connectivity index (χ0) is 21.4. The number of aromatic nitrogens is 2. The predicted octanol–water partition coefficient (Wildman–Crippen LogP) is 4.26. The Morgan fingerprint density at radius 3 is 2.58 bits per heavy atom. The summed E-state index contributed by atoms with van der Waals surface area (Å²) in [4.78, 5) is 21.8. The summed E-state index contributed by atoms with van der Waals surface area (Å²) in [5, 5.41) is 4.15. The molecule has 0 N–H and O–H groups in total. The maximum Gasteiger partial charge on any atom is 0.241 e. The van der Waals surface area contributed by atoms with E-state index in [2.05, 4.69) is 55.2 Å². The molecule has 7 heteroatoms. The van der Waals surface area contributed by atoms with Crippen LogP contribution in [0.15, 0.2) is 57.5 Å². The summed E-state index contributed by atoms with van der Waals surface area (Å²) < 4.78 is 6.56. The molecule has 1 aliphatic carbocycles. The first-order valence-corrected chi connectivity index (χ1v) is 11.5. The van der Waals surface area contributed by atoms with Crippen molar-refractivity contribution in [1.82, 2.24) is 19.9 Å². The minimum atomic E-state index is 0.139. The third kappa shape index (κ3) is 4.43. The number of rotatable bonds is 5. The van der Waals surface area contributed by atoms with Crippen molar-refractivity contribution in [2.75, 3.05) is 26.2 Å². The second kappa shape index (κ2) is 8.55. The highest BCUT2D eigenvalue weighted by molar-refractivity contribution is 9.10. The van der Waals surface area contributed by atoms with Crippen LogP contribution in [0.1, 0.15) is 29.4 Å².